The van der Waals surface area contributed by atoms with Gasteiger partial charge in [0.05, 0.1) is 6.61 Å². The summed E-state index contributed by atoms with van der Waals surface area (Å²) in [6.07, 6.45) is 0. The normalized spacial score (nSPS) is 12.4. The minimum atomic E-state index is 0.545. The summed E-state index contributed by atoms with van der Waals surface area (Å²) in [4.78, 5) is 0. The molecule has 0 aliphatic carbocycles. The lowest BCUT2D eigenvalue weighted by Crippen LogP contribution is -2.19. The van der Waals surface area contributed by atoms with Gasteiger partial charge in [0.15, 0.2) is 0 Å². The van der Waals surface area contributed by atoms with Crippen molar-refractivity contribution in [2.45, 2.75) is 13.8 Å². The van der Waals surface area contributed by atoms with E-state index in [0.717, 1.165) is 17.7 Å². The Balaban J connectivity index is 1.99. The highest BCUT2D eigenvalue weighted by molar-refractivity contribution is 9.09. The average Bonchev–Trinajstić information content (AvgIpc) is 2.49. The second kappa shape index (κ2) is 7.49. The van der Waals surface area contributed by atoms with Crippen LogP contribution in [0, 0.1) is 11.8 Å². The third-order valence-corrected chi connectivity index (χ3v) is 4.40. The first kappa shape index (κ1) is 15.1. The molecule has 0 aliphatic heterocycles. The van der Waals surface area contributed by atoms with Crippen molar-refractivity contribution in [2.75, 3.05) is 11.9 Å². The molecule has 106 valence electrons. The quantitative estimate of drug-likeness (QED) is 0.643. The predicted octanol–water partition coefficient (Wildman–Crippen LogP) is 5.40. The van der Waals surface area contributed by atoms with Crippen LogP contribution in [0.4, 0.5) is 0 Å². The number of ether oxygens (including phenoxy) is 1. The van der Waals surface area contributed by atoms with Crippen LogP contribution in [0.25, 0.3) is 11.1 Å². The Morgan fingerprint density at radius 3 is 2.05 bits per heavy atom. The molecule has 0 saturated heterocycles. The highest BCUT2D eigenvalue weighted by atomic mass is 79.9. The lowest BCUT2D eigenvalue weighted by atomic mass is 9.99. The van der Waals surface area contributed by atoms with Crippen molar-refractivity contribution in [3.05, 3.63) is 54.6 Å². The first-order chi connectivity index (χ1) is 9.70. The van der Waals surface area contributed by atoms with Crippen LogP contribution in [0.2, 0.25) is 0 Å². The Morgan fingerprint density at radius 1 is 0.900 bits per heavy atom. The van der Waals surface area contributed by atoms with Crippen LogP contribution in [0.1, 0.15) is 13.8 Å². The van der Waals surface area contributed by atoms with Gasteiger partial charge in [0.1, 0.15) is 5.75 Å². The standard InChI is InChI=1S/C18H21BrO/c1-14(2)17(12-19)13-20-18-10-8-16(9-11-18)15-6-4-3-5-7-15/h3-11,14,17H,12-13H2,1-2H3. The second-order valence-corrected chi connectivity index (χ2v) is 6.01. The molecular weight excluding hydrogens is 312 g/mol. The summed E-state index contributed by atoms with van der Waals surface area (Å²) in [7, 11) is 0. The molecule has 0 saturated carbocycles. The molecule has 0 spiro atoms. The van der Waals surface area contributed by atoms with E-state index >= 15 is 0 Å². The molecule has 0 aromatic heterocycles. The SMILES string of the molecule is CC(C)C(CBr)COc1ccc(-c2ccccc2)cc1. The molecule has 1 atom stereocenters. The Bertz CT molecular complexity index is 505. The Kier molecular flexibility index (Phi) is 5.66. The summed E-state index contributed by atoms with van der Waals surface area (Å²) < 4.78 is 5.88. The van der Waals surface area contributed by atoms with E-state index in [1.807, 2.05) is 18.2 Å². The molecule has 2 aromatic carbocycles. The minimum absolute atomic E-state index is 0.545. The van der Waals surface area contributed by atoms with E-state index in [0.29, 0.717) is 11.8 Å². The van der Waals surface area contributed by atoms with E-state index in [2.05, 4.69) is 66.2 Å². The molecule has 0 heterocycles. The Labute approximate surface area is 130 Å². The average molecular weight is 333 g/mol. The van der Waals surface area contributed by atoms with Gasteiger partial charge in [-0.25, -0.2) is 0 Å². The molecule has 2 heteroatoms. The lowest BCUT2D eigenvalue weighted by Gasteiger charge is -2.18. The zero-order chi connectivity index (χ0) is 14.4. The molecule has 0 radical (unpaired) electrons. The maximum Gasteiger partial charge on any atom is 0.119 e. The van der Waals surface area contributed by atoms with Crippen molar-refractivity contribution in [3.8, 4) is 16.9 Å². The fourth-order valence-electron chi connectivity index (χ4n) is 1.99. The first-order valence-corrected chi connectivity index (χ1v) is 8.17. The van der Waals surface area contributed by atoms with Gasteiger partial charge in [-0.1, -0.05) is 72.2 Å². The van der Waals surface area contributed by atoms with E-state index in [1.165, 1.54) is 11.1 Å². The number of benzene rings is 2. The number of alkyl halides is 1. The van der Waals surface area contributed by atoms with Crippen molar-refractivity contribution in [3.63, 3.8) is 0 Å². The molecule has 2 rings (SSSR count). The molecule has 1 unspecified atom stereocenters. The van der Waals surface area contributed by atoms with Gasteiger partial charge in [0, 0.05) is 11.2 Å². The molecule has 20 heavy (non-hydrogen) atoms. The summed E-state index contributed by atoms with van der Waals surface area (Å²) in [5.74, 6) is 2.11. The van der Waals surface area contributed by atoms with E-state index in [9.17, 15) is 0 Å². The molecule has 1 nitrogen and oxygen atoms in total. The lowest BCUT2D eigenvalue weighted by molar-refractivity contribution is 0.227. The molecule has 0 amide bonds. The maximum atomic E-state index is 5.88. The van der Waals surface area contributed by atoms with Crippen LogP contribution in [-0.2, 0) is 0 Å². The number of halogens is 1. The molecule has 0 aliphatic rings. The van der Waals surface area contributed by atoms with Crippen molar-refractivity contribution in [1.82, 2.24) is 0 Å². The topological polar surface area (TPSA) is 9.23 Å². The summed E-state index contributed by atoms with van der Waals surface area (Å²) in [5, 5.41) is 0.979. The Hall–Kier alpha value is -1.28. The van der Waals surface area contributed by atoms with Gasteiger partial charge in [-0.3, -0.25) is 0 Å². The van der Waals surface area contributed by atoms with Crippen molar-refractivity contribution >= 4 is 15.9 Å². The molecule has 0 fully saturated rings. The van der Waals surface area contributed by atoms with Crippen LogP contribution in [0.3, 0.4) is 0 Å². The van der Waals surface area contributed by atoms with Gasteiger partial charge < -0.3 is 4.74 Å². The molecule has 0 N–H and O–H groups in total. The Morgan fingerprint density at radius 2 is 1.50 bits per heavy atom. The summed E-state index contributed by atoms with van der Waals surface area (Å²) in [6, 6.07) is 18.7. The predicted molar refractivity (Wildman–Crippen MR) is 89.5 cm³/mol. The van der Waals surface area contributed by atoms with Gasteiger partial charge in [-0.2, -0.15) is 0 Å². The molecule has 0 bridgehead atoms. The van der Waals surface area contributed by atoms with Crippen molar-refractivity contribution < 1.29 is 4.74 Å². The third kappa shape index (κ3) is 4.11. The van der Waals surface area contributed by atoms with Gasteiger partial charge in [-0.15, -0.1) is 0 Å². The van der Waals surface area contributed by atoms with E-state index in [1.54, 1.807) is 0 Å². The maximum absolute atomic E-state index is 5.88. The van der Waals surface area contributed by atoms with Gasteiger partial charge in [0.2, 0.25) is 0 Å². The summed E-state index contributed by atoms with van der Waals surface area (Å²) >= 11 is 3.55. The number of hydrogen-bond donors (Lipinski definition) is 0. The van der Waals surface area contributed by atoms with Crippen LogP contribution < -0.4 is 4.74 Å². The monoisotopic (exact) mass is 332 g/mol. The molecular formula is C18H21BrO. The van der Waals surface area contributed by atoms with Crippen LogP contribution in [0.15, 0.2) is 54.6 Å². The smallest absolute Gasteiger partial charge is 0.119 e. The zero-order valence-electron chi connectivity index (χ0n) is 12.1. The highest BCUT2D eigenvalue weighted by Gasteiger charge is 2.12. The second-order valence-electron chi connectivity index (χ2n) is 5.36. The number of hydrogen-bond acceptors (Lipinski definition) is 1. The summed E-state index contributed by atoms with van der Waals surface area (Å²) in [5.41, 5.74) is 2.46. The highest BCUT2D eigenvalue weighted by Crippen LogP contribution is 2.23. The van der Waals surface area contributed by atoms with Crippen LogP contribution in [-0.4, -0.2) is 11.9 Å². The third-order valence-electron chi connectivity index (χ3n) is 3.57. The van der Waals surface area contributed by atoms with E-state index in [-0.39, 0.29) is 0 Å². The zero-order valence-corrected chi connectivity index (χ0v) is 13.6. The van der Waals surface area contributed by atoms with Crippen molar-refractivity contribution in [1.29, 1.82) is 0 Å². The first-order valence-electron chi connectivity index (χ1n) is 7.05. The van der Waals surface area contributed by atoms with Crippen LogP contribution >= 0.6 is 15.9 Å². The number of rotatable bonds is 6. The fraction of sp³-hybridized carbons (Fsp3) is 0.333. The van der Waals surface area contributed by atoms with Gasteiger partial charge in [-0.05, 0) is 29.2 Å². The van der Waals surface area contributed by atoms with Crippen molar-refractivity contribution in [2.24, 2.45) is 11.8 Å². The molecule has 2 aromatic rings. The fourth-order valence-corrected chi connectivity index (χ4v) is 2.93. The minimum Gasteiger partial charge on any atom is -0.493 e. The van der Waals surface area contributed by atoms with Gasteiger partial charge in [0.25, 0.3) is 0 Å². The van der Waals surface area contributed by atoms with Crippen LogP contribution in [0.5, 0.6) is 5.75 Å². The van der Waals surface area contributed by atoms with E-state index < -0.39 is 0 Å². The summed E-state index contributed by atoms with van der Waals surface area (Å²) in [6.45, 7) is 5.22. The largest absolute Gasteiger partial charge is 0.493 e. The van der Waals surface area contributed by atoms with E-state index in [4.69, 9.17) is 4.74 Å². The van der Waals surface area contributed by atoms with Gasteiger partial charge >= 0.3 is 0 Å².